The van der Waals surface area contributed by atoms with Gasteiger partial charge >= 0.3 is 10.2 Å². The largest absolute Gasteiger partial charge is 0.302 e. The van der Waals surface area contributed by atoms with Gasteiger partial charge in [0.25, 0.3) is 0 Å². The van der Waals surface area contributed by atoms with Gasteiger partial charge in [-0.2, -0.15) is 12.7 Å². The molecule has 0 saturated heterocycles. The Morgan fingerprint density at radius 2 is 1.90 bits per heavy atom. The molecule has 0 aliphatic carbocycles. The summed E-state index contributed by atoms with van der Waals surface area (Å²) in [5.41, 5.74) is 3.01. The number of hydrogen-bond donors (Lipinski definition) is 1. The van der Waals surface area contributed by atoms with E-state index in [4.69, 9.17) is 0 Å². The summed E-state index contributed by atoms with van der Waals surface area (Å²) in [4.78, 5) is 4.31. The van der Waals surface area contributed by atoms with Crippen LogP contribution in [0.15, 0.2) is 29.6 Å². The second kappa shape index (κ2) is 5.90. The van der Waals surface area contributed by atoms with Gasteiger partial charge in [0.05, 0.1) is 5.69 Å². The van der Waals surface area contributed by atoms with Crippen LogP contribution < -0.4 is 4.72 Å². The minimum Gasteiger partial charge on any atom is -0.246 e. The number of benzene rings is 1. The normalized spacial score (nSPS) is 11.8. The molecule has 0 atom stereocenters. The molecule has 0 aliphatic rings. The van der Waals surface area contributed by atoms with Crippen molar-refractivity contribution in [1.29, 1.82) is 0 Å². The molecule has 1 heterocycles. The van der Waals surface area contributed by atoms with Crippen LogP contribution in [-0.4, -0.2) is 31.8 Å². The van der Waals surface area contributed by atoms with Crippen LogP contribution in [0.1, 0.15) is 12.5 Å². The zero-order valence-corrected chi connectivity index (χ0v) is 13.3. The average Bonchev–Trinajstić information content (AvgIpc) is 2.86. The standard InChI is InChI=1S/C13H17N3O2S2/c1-4-10-5-7-11(8-6-10)12-9-19-13(14-12)15-20(17,18)16(2)3/h5-9H,4H2,1-3H3,(H,14,15). The van der Waals surface area contributed by atoms with E-state index in [9.17, 15) is 8.42 Å². The molecule has 1 aromatic carbocycles. The number of aryl methyl sites for hydroxylation is 1. The van der Waals surface area contributed by atoms with Gasteiger partial charge in [0, 0.05) is 25.0 Å². The second-order valence-electron chi connectivity index (χ2n) is 4.48. The zero-order valence-electron chi connectivity index (χ0n) is 11.6. The van der Waals surface area contributed by atoms with Crippen LogP contribution in [0.5, 0.6) is 0 Å². The molecule has 20 heavy (non-hydrogen) atoms. The molecule has 0 saturated carbocycles. The number of nitrogens with one attached hydrogen (secondary N) is 1. The summed E-state index contributed by atoms with van der Waals surface area (Å²) in [5, 5.41) is 2.21. The molecular formula is C13H17N3O2S2. The molecule has 0 aliphatic heterocycles. The number of hydrogen-bond acceptors (Lipinski definition) is 4. The van der Waals surface area contributed by atoms with E-state index in [1.807, 2.05) is 17.5 Å². The van der Waals surface area contributed by atoms with Crippen molar-refractivity contribution in [1.82, 2.24) is 9.29 Å². The maximum absolute atomic E-state index is 11.7. The van der Waals surface area contributed by atoms with Crippen molar-refractivity contribution in [2.75, 3.05) is 18.8 Å². The number of anilines is 1. The fraction of sp³-hybridized carbons (Fsp3) is 0.308. The maximum atomic E-state index is 11.7. The highest BCUT2D eigenvalue weighted by Crippen LogP contribution is 2.26. The van der Waals surface area contributed by atoms with Crippen LogP contribution in [0.2, 0.25) is 0 Å². The van der Waals surface area contributed by atoms with E-state index < -0.39 is 10.2 Å². The minimum absolute atomic E-state index is 0.369. The highest BCUT2D eigenvalue weighted by molar-refractivity contribution is 7.90. The van der Waals surface area contributed by atoms with Crippen LogP contribution in [0.4, 0.5) is 5.13 Å². The van der Waals surface area contributed by atoms with Crippen LogP contribution in [0.3, 0.4) is 0 Å². The van der Waals surface area contributed by atoms with Crippen LogP contribution in [0.25, 0.3) is 11.3 Å². The topological polar surface area (TPSA) is 62.3 Å². The first-order valence-corrected chi connectivity index (χ1v) is 8.49. The predicted molar refractivity (Wildman–Crippen MR) is 83.2 cm³/mol. The summed E-state index contributed by atoms with van der Waals surface area (Å²) >= 11 is 1.27. The average molecular weight is 311 g/mol. The summed E-state index contributed by atoms with van der Waals surface area (Å²) in [6.07, 6.45) is 0.991. The molecule has 0 fully saturated rings. The Kier molecular flexibility index (Phi) is 4.42. The SMILES string of the molecule is CCc1ccc(-c2csc(NS(=O)(=O)N(C)C)n2)cc1. The van der Waals surface area contributed by atoms with E-state index in [0.717, 1.165) is 22.0 Å². The molecule has 0 spiro atoms. The summed E-state index contributed by atoms with van der Waals surface area (Å²) in [6, 6.07) is 8.10. The molecule has 1 N–H and O–H groups in total. The minimum atomic E-state index is -3.50. The van der Waals surface area contributed by atoms with Gasteiger partial charge in [-0.25, -0.2) is 9.71 Å². The summed E-state index contributed by atoms with van der Waals surface area (Å²) in [7, 11) is -0.554. The van der Waals surface area contributed by atoms with Gasteiger partial charge in [-0.1, -0.05) is 31.2 Å². The third-order valence-electron chi connectivity index (χ3n) is 2.86. The fourth-order valence-corrected chi connectivity index (χ4v) is 3.09. The van der Waals surface area contributed by atoms with Crippen molar-refractivity contribution >= 4 is 26.7 Å². The quantitative estimate of drug-likeness (QED) is 0.923. The van der Waals surface area contributed by atoms with Gasteiger partial charge in [-0.05, 0) is 12.0 Å². The molecule has 1 aromatic heterocycles. The van der Waals surface area contributed by atoms with Crippen molar-refractivity contribution in [3.63, 3.8) is 0 Å². The van der Waals surface area contributed by atoms with Gasteiger partial charge in [0.1, 0.15) is 0 Å². The van der Waals surface area contributed by atoms with E-state index in [0.29, 0.717) is 5.13 Å². The monoisotopic (exact) mass is 311 g/mol. The number of rotatable bonds is 5. The number of nitrogens with zero attached hydrogens (tertiary/aromatic N) is 2. The van der Waals surface area contributed by atoms with Gasteiger partial charge in [-0.3, -0.25) is 0 Å². The molecule has 0 radical (unpaired) electrons. The molecule has 2 aromatic rings. The Morgan fingerprint density at radius 3 is 2.45 bits per heavy atom. The first-order chi connectivity index (χ1) is 9.42. The van der Waals surface area contributed by atoms with Crippen molar-refractivity contribution in [3.8, 4) is 11.3 Å². The maximum Gasteiger partial charge on any atom is 0.302 e. The highest BCUT2D eigenvalue weighted by Gasteiger charge is 2.15. The van der Waals surface area contributed by atoms with Crippen LogP contribution >= 0.6 is 11.3 Å². The van der Waals surface area contributed by atoms with Gasteiger partial charge in [0.2, 0.25) is 0 Å². The van der Waals surface area contributed by atoms with Crippen molar-refractivity contribution in [2.24, 2.45) is 0 Å². The third-order valence-corrected chi connectivity index (χ3v) is 5.16. The Bertz CT molecular complexity index is 676. The summed E-state index contributed by atoms with van der Waals surface area (Å²) < 4.78 is 27.0. The van der Waals surface area contributed by atoms with Crippen molar-refractivity contribution < 1.29 is 8.42 Å². The van der Waals surface area contributed by atoms with Crippen molar-refractivity contribution in [3.05, 3.63) is 35.2 Å². The Hall–Kier alpha value is -1.44. The molecule has 0 bridgehead atoms. The van der Waals surface area contributed by atoms with Gasteiger partial charge < -0.3 is 0 Å². The van der Waals surface area contributed by atoms with Crippen molar-refractivity contribution in [2.45, 2.75) is 13.3 Å². The smallest absolute Gasteiger partial charge is 0.246 e. The fourth-order valence-electron chi connectivity index (χ4n) is 1.57. The first-order valence-electron chi connectivity index (χ1n) is 6.17. The summed E-state index contributed by atoms with van der Waals surface area (Å²) in [6.45, 7) is 2.10. The van der Waals surface area contributed by atoms with E-state index in [2.05, 4.69) is 28.8 Å². The lowest BCUT2D eigenvalue weighted by Gasteiger charge is -2.10. The van der Waals surface area contributed by atoms with E-state index >= 15 is 0 Å². The Labute approximate surface area is 123 Å². The molecule has 0 amide bonds. The van der Waals surface area contributed by atoms with E-state index in [-0.39, 0.29) is 0 Å². The molecule has 2 rings (SSSR count). The predicted octanol–water partition coefficient (Wildman–Crippen LogP) is 2.59. The lowest BCUT2D eigenvalue weighted by atomic mass is 10.1. The lowest BCUT2D eigenvalue weighted by Crippen LogP contribution is -2.28. The first kappa shape index (κ1) is 15.0. The zero-order chi connectivity index (χ0) is 14.8. The Balaban J connectivity index is 2.20. The molecule has 0 unspecified atom stereocenters. The van der Waals surface area contributed by atoms with E-state index in [1.165, 1.54) is 31.0 Å². The highest BCUT2D eigenvalue weighted by atomic mass is 32.2. The second-order valence-corrected chi connectivity index (χ2v) is 7.22. The van der Waals surface area contributed by atoms with Crippen LogP contribution in [-0.2, 0) is 16.6 Å². The third kappa shape index (κ3) is 3.36. The number of aromatic nitrogens is 1. The van der Waals surface area contributed by atoms with E-state index in [1.54, 1.807) is 0 Å². The molecular weight excluding hydrogens is 294 g/mol. The van der Waals surface area contributed by atoms with Crippen LogP contribution in [0, 0.1) is 0 Å². The molecule has 5 nitrogen and oxygen atoms in total. The Morgan fingerprint density at radius 1 is 1.25 bits per heavy atom. The number of thiazole rings is 1. The lowest BCUT2D eigenvalue weighted by molar-refractivity contribution is 0.527. The molecule has 108 valence electrons. The van der Waals surface area contributed by atoms with Gasteiger partial charge in [-0.15, -0.1) is 11.3 Å². The van der Waals surface area contributed by atoms with Gasteiger partial charge in [0.15, 0.2) is 5.13 Å². The summed E-state index contributed by atoms with van der Waals surface area (Å²) in [5.74, 6) is 0. The molecule has 7 heteroatoms.